The van der Waals surface area contributed by atoms with Gasteiger partial charge in [-0.15, -0.1) is 0 Å². The largest absolute Gasteiger partial charge is 0.346 e. The van der Waals surface area contributed by atoms with Crippen molar-refractivity contribution in [2.45, 2.75) is 0 Å². The first-order valence-corrected chi connectivity index (χ1v) is 5.35. The maximum atomic E-state index is 5.57. The summed E-state index contributed by atoms with van der Waals surface area (Å²) < 4.78 is 0. The Morgan fingerprint density at radius 1 is 0.875 bits per heavy atom. The van der Waals surface area contributed by atoms with Crippen LogP contribution in [0.15, 0.2) is 57.2 Å². The van der Waals surface area contributed by atoms with E-state index in [1.54, 1.807) is 12.4 Å². The van der Waals surface area contributed by atoms with Crippen LogP contribution in [0.1, 0.15) is 0 Å². The Morgan fingerprint density at radius 3 is 1.69 bits per heavy atom. The van der Waals surface area contributed by atoms with Gasteiger partial charge in [-0.25, -0.2) is 9.98 Å². The minimum Gasteiger partial charge on any atom is -0.346 e. The molecule has 4 nitrogen and oxygen atoms in total. The molecule has 0 saturated carbocycles. The maximum absolute atomic E-state index is 5.57. The fourth-order valence-corrected chi connectivity index (χ4v) is 1.43. The highest BCUT2D eigenvalue weighted by atomic mass is 35.5. The van der Waals surface area contributed by atoms with Crippen molar-refractivity contribution in [2.24, 2.45) is 9.98 Å². The van der Waals surface area contributed by atoms with E-state index in [1.807, 2.05) is 12.2 Å². The zero-order valence-electron chi connectivity index (χ0n) is 8.11. The predicted octanol–water partition coefficient (Wildman–Crippen LogP) is 2.18. The number of nitrogens with zero attached hydrogens (tertiary/aromatic N) is 2. The minimum atomic E-state index is 0.574. The van der Waals surface area contributed by atoms with Crippen LogP contribution in [0.5, 0.6) is 0 Å². The second kappa shape index (κ2) is 5.01. The first-order chi connectivity index (χ1) is 7.83. The summed E-state index contributed by atoms with van der Waals surface area (Å²) >= 11 is 11.1. The number of allylic oxidation sites excluding steroid dienone is 2. The van der Waals surface area contributed by atoms with Crippen LogP contribution in [0, 0.1) is 0 Å². The number of aliphatic imine (C=N–C) groups is 2. The van der Waals surface area contributed by atoms with Crippen molar-refractivity contribution in [1.29, 1.82) is 0 Å². The van der Waals surface area contributed by atoms with Gasteiger partial charge in [0, 0.05) is 23.5 Å². The third-order valence-electron chi connectivity index (χ3n) is 1.90. The number of halogens is 2. The van der Waals surface area contributed by atoms with Crippen molar-refractivity contribution < 1.29 is 0 Å². The first-order valence-electron chi connectivity index (χ1n) is 4.48. The minimum absolute atomic E-state index is 0.574. The zero-order chi connectivity index (χ0) is 11.4. The molecule has 6 heteroatoms. The zero-order valence-corrected chi connectivity index (χ0v) is 9.63. The fraction of sp³-hybridized carbons (Fsp3) is 0. The first kappa shape index (κ1) is 11.0. The Morgan fingerprint density at radius 2 is 1.31 bits per heavy atom. The highest BCUT2D eigenvalue weighted by Gasteiger charge is 2.10. The van der Waals surface area contributed by atoms with E-state index in [0.29, 0.717) is 11.6 Å². The van der Waals surface area contributed by atoms with Crippen LogP contribution in [0.2, 0.25) is 0 Å². The van der Waals surface area contributed by atoms with Gasteiger partial charge in [0.25, 0.3) is 0 Å². The van der Waals surface area contributed by atoms with E-state index >= 15 is 0 Å². The second-order valence-electron chi connectivity index (χ2n) is 2.94. The molecule has 0 aromatic rings. The lowest BCUT2D eigenvalue weighted by molar-refractivity contribution is 1.01. The van der Waals surface area contributed by atoms with E-state index in [4.69, 9.17) is 23.2 Å². The molecule has 0 unspecified atom stereocenters. The Hall–Kier alpha value is -1.52. The molecule has 0 bridgehead atoms. The monoisotopic (exact) mass is 254 g/mol. The lowest BCUT2D eigenvalue weighted by atomic mass is 10.2. The molecular weight excluding hydrogens is 247 g/mol. The Bertz CT molecular complexity index is 425. The molecule has 0 radical (unpaired) electrons. The smallest absolute Gasteiger partial charge is 0.142 e. The molecule has 2 aliphatic heterocycles. The van der Waals surface area contributed by atoms with E-state index in [9.17, 15) is 0 Å². The van der Waals surface area contributed by atoms with E-state index in [0.717, 1.165) is 11.4 Å². The number of rotatable bonds is 1. The van der Waals surface area contributed by atoms with E-state index in [1.165, 1.54) is 11.1 Å². The summed E-state index contributed by atoms with van der Waals surface area (Å²) in [4.78, 5) is 8.52. The third-order valence-corrected chi connectivity index (χ3v) is 2.31. The van der Waals surface area contributed by atoms with Crippen LogP contribution < -0.4 is 10.6 Å². The van der Waals surface area contributed by atoms with Gasteiger partial charge in [0.2, 0.25) is 0 Å². The summed E-state index contributed by atoms with van der Waals surface area (Å²) in [5, 5.41) is 5.78. The molecule has 2 heterocycles. The van der Waals surface area contributed by atoms with Crippen LogP contribution in [-0.4, -0.2) is 11.4 Å². The number of hydrogen-bond donors (Lipinski definition) is 2. The lowest BCUT2D eigenvalue weighted by Crippen LogP contribution is -2.21. The molecule has 0 atom stereocenters. The van der Waals surface area contributed by atoms with Gasteiger partial charge in [0.15, 0.2) is 0 Å². The van der Waals surface area contributed by atoms with Crippen molar-refractivity contribution in [3.05, 3.63) is 47.3 Å². The van der Waals surface area contributed by atoms with Gasteiger partial charge in [-0.2, -0.15) is 0 Å². The number of hydrogen-bond acceptors (Lipinski definition) is 4. The summed E-state index contributed by atoms with van der Waals surface area (Å²) in [7, 11) is 0. The molecule has 0 saturated heterocycles. The van der Waals surface area contributed by atoms with Crippen molar-refractivity contribution >= 4 is 34.6 Å². The lowest BCUT2D eigenvalue weighted by Gasteiger charge is -2.13. The third kappa shape index (κ3) is 2.35. The maximum Gasteiger partial charge on any atom is 0.142 e. The highest BCUT2D eigenvalue weighted by molar-refractivity contribution is 6.51. The molecule has 0 aromatic heterocycles. The molecule has 0 fully saturated rings. The van der Waals surface area contributed by atoms with Gasteiger partial charge in [0.05, 0.1) is 11.4 Å². The Balaban J connectivity index is 2.32. The molecule has 0 amide bonds. The van der Waals surface area contributed by atoms with Crippen molar-refractivity contribution in [2.75, 3.05) is 0 Å². The SMILES string of the molecule is Cl/C=C1/N=C(C2=N/C(=C/Cl)NC=C2)C=CN1. The molecule has 82 valence electrons. The summed E-state index contributed by atoms with van der Waals surface area (Å²) in [6.45, 7) is 0. The van der Waals surface area contributed by atoms with Gasteiger partial charge >= 0.3 is 0 Å². The van der Waals surface area contributed by atoms with E-state index in [2.05, 4.69) is 20.6 Å². The van der Waals surface area contributed by atoms with E-state index < -0.39 is 0 Å². The summed E-state index contributed by atoms with van der Waals surface area (Å²) in [6, 6.07) is 0. The van der Waals surface area contributed by atoms with Crippen LogP contribution >= 0.6 is 23.2 Å². The highest BCUT2D eigenvalue weighted by Crippen LogP contribution is 2.08. The quantitative estimate of drug-likeness (QED) is 0.754. The predicted molar refractivity (Wildman–Crippen MR) is 67.3 cm³/mol. The normalized spacial score (nSPS) is 23.9. The molecule has 2 aliphatic rings. The summed E-state index contributed by atoms with van der Waals surface area (Å²) in [6.07, 6.45) is 7.12. The van der Waals surface area contributed by atoms with Crippen LogP contribution in [-0.2, 0) is 0 Å². The van der Waals surface area contributed by atoms with Gasteiger partial charge in [-0.05, 0) is 12.2 Å². The molecule has 0 spiro atoms. The fourth-order valence-electron chi connectivity index (χ4n) is 1.21. The van der Waals surface area contributed by atoms with Gasteiger partial charge in [0.1, 0.15) is 11.6 Å². The van der Waals surface area contributed by atoms with Crippen LogP contribution in [0.25, 0.3) is 0 Å². The topological polar surface area (TPSA) is 48.8 Å². The van der Waals surface area contributed by atoms with Gasteiger partial charge < -0.3 is 10.6 Å². The van der Waals surface area contributed by atoms with E-state index in [-0.39, 0.29) is 0 Å². The molecule has 2 rings (SSSR count). The van der Waals surface area contributed by atoms with Crippen LogP contribution in [0.3, 0.4) is 0 Å². The Kier molecular flexibility index (Phi) is 3.44. The van der Waals surface area contributed by atoms with Crippen molar-refractivity contribution in [3.63, 3.8) is 0 Å². The van der Waals surface area contributed by atoms with Crippen LogP contribution in [0.4, 0.5) is 0 Å². The average molecular weight is 255 g/mol. The van der Waals surface area contributed by atoms with Crippen molar-refractivity contribution in [3.8, 4) is 0 Å². The summed E-state index contributed by atoms with van der Waals surface area (Å²) in [5.41, 5.74) is 4.18. The van der Waals surface area contributed by atoms with Gasteiger partial charge in [-0.1, -0.05) is 23.2 Å². The molecule has 16 heavy (non-hydrogen) atoms. The average Bonchev–Trinajstić information content (AvgIpc) is 2.39. The van der Waals surface area contributed by atoms with Crippen molar-refractivity contribution in [1.82, 2.24) is 10.6 Å². The molecule has 2 N–H and O–H groups in total. The standard InChI is InChI=1S/C10H8Cl2N4/c11-5-9-13-3-1-7(15-9)8-2-4-14-10(6-12)16-8/h1-6,13-14H/b9-5+,10-6+. The van der Waals surface area contributed by atoms with Gasteiger partial charge in [-0.3, -0.25) is 0 Å². The Labute approximate surface area is 103 Å². The molecule has 0 aliphatic carbocycles. The second-order valence-corrected chi connectivity index (χ2v) is 3.37. The molecule has 0 aromatic carbocycles. The number of nitrogens with one attached hydrogen (secondary N) is 2. The molecular formula is C10H8Cl2N4. The summed E-state index contributed by atoms with van der Waals surface area (Å²) in [5.74, 6) is 1.15.